The first-order chi connectivity index (χ1) is 15.6. The van der Waals surface area contributed by atoms with Crippen molar-refractivity contribution in [2.45, 2.75) is 37.5 Å². The molecule has 0 unspecified atom stereocenters. The van der Waals surface area contributed by atoms with Crippen LogP contribution < -0.4 is 4.74 Å². The van der Waals surface area contributed by atoms with E-state index in [9.17, 15) is 9.18 Å². The van der Waals surface area contributed by atoms with Gasteiger partial charge in [-0.1, -0.05) is 18.0 Å². The van der Waals surface area contributed by atoms with Crippen LogP contribution in [0.15, 0.2) is 47.1 Å². The number of amides is 1. The number of carbonyl (C=O) groups excluding carboxylic acids is 1. The van der Waals surface area contributed by atoms with Crippen LogP contribution in [0.3, 0.4) is 0 Å². The molecule has 7 nitrogen and oxygen atoms in total. The second kappa shape index (κ2) is 8.33. The number of aromatic nitrogens is 3. The molecule has 0 bridgehead atoms. The smallest absolute Gasteiger partial charge is 0.257 e. The summed E-state index contributed by atoms with van der Waals surface area (Å²) in [5.74, 6) is 1.93. The first-order valence-electron chi connectivity index (χ1n) is 11.0. The normalized spacial score (nSPS) is 17.9. The summed E-state index contributed by atoms with van der Waals surface area (Å²) in [5.41, 5.74) is 1.04. The molecule has 1 aromatic carbocycles. The number of rotatable bonds is 6. The van der Waals surface area contributed by atoms with Crippen LogP contribution in [-0.4, -0.2) is 46.1 Å². The average Bonchev–Trinajstić information content (AvgIpc) is 3.50. The largest absolute Gasteiger partial charge is 0.481 e. The Hall–Kier alpha value is -3.29. The first-order valence-corrected chi connectivity index (χ1v) is 11.0. The Morgan fingerprint density at radius 3 is 2.56 bits per heavy atom. The Bertz CT molecular complexity index is 1090. The van der Waals surface area contributed by atoms with Gasteiger partial charge in [0.15, 0.2) is 5.82 Å². The molecule has 3 aromatic rings. The zero-order chi connectivity index (χ0) is 22.1. The number of benzene rings is 1. The Balaban J connectivity index is 1.33. The van der Waals surface area contributed by atoms with Gasteiger partial charge in [0.2, 0.25) is 5.88 Å². The van der Waals surface area contributed by atoms with Gasteiger partial charge < -0.3 is 14.2 Å². The molecule has 8 heteroatoms. The van der Waals surface area contributed by atoms with E-state index in [0.717, 1.165) is 19.3 Å². The quantitative estimate of drug-likeness (QED) is 0.575. The van der Waals surface area contributed by atoms with Crippen molar-refractivity contribution < 1.29 is 18.4 Å². The lowest BCUT2D eigenvalue weighted by Crippen LogP contribution is -2.46. The van der Waals surface area contributed by atoms with Crippen molar-refractivity contribution in [3.63, 3.8) is 0 Å². The van der Waals surface area contributed by atoms with Crippen LogP contribution in [0.2, 0.25) is 0 Å². The lowest BCUT2D eigenvalue weighted by Gasteiger charge is -2.40. The maximum absolute atomic E-state index is 13.3. The Morgan fingerprint density at radius 1 is 1.19 bits per heavy atom. The average molecular weight is 436 g/mol. The third-order valence-electron chi connectivity index (χ3n) is 6.57. The van der Waals surface area contributed by atoms with Crippen LogP contribution in [0.1, 0.15) is 48.3 Å². The highest BCUT2D eigenvalue weighted by atomic mass is 19.1. The third-order valence-corrected chi connectivity index (χ3v) is 6.57. The molecule has 3 heterocycles. The van der Waals surface area contributed by atoms with E-state index < -0.39 is 0 Å². The van der Waals surface area contributed by atoms with Crippen molar-refractivity contribution in [3.8, 4) is 17.3 Å². The highest BCUT2D eigenvalue weighted by Crippen LogP contribution is 2.47. The molecule has 1 aliphatic carbocycles. The summed E-state index contributed by atoms with van der Waals surface area (Å²) in [4.78, 5) is 23.7. The topological polar surface area (TPSA) is 81.4 Å². The number of likely N-dealkylation sites (tertiary alicyclic amines) is 1. The van der Waals surface area contributed by atoms with Crippen LogP contribution in [0.5, 0.6) is 5.88 Å². The van der Waals surface area contributed by atoms with Gasteiger partial charge in [-0.2, -0.15) is 4.98 Å². The van der Waals surface area contributed by atoms with Crippen molar-refractivity contribution >= 4 is 5.91 Å². The van der Waals surface area contributed by atoms with E-state index in [-0.39, 0.29) is 17.1 Å². The molecule has 2 fully saturated rings. The van der Waals surface area contributed by atoms with Crippen LogP contribution in [0.4, 0.5) is 4.39 Å². The van der Waals surface area contributed by atoms with Gasteiger partial charge in [-0.05, 0) is 55.5 Å². The van der Waals surface area contributed by atoms with Crippen LogP contribution in [-0.2, 0) is 5.41 Å². The minimum atomic E-state index is -0.303. The second-order valence-corrected chi connectivity index (χ2v) is 8.74. The van der Waals surface area contributed by atoms with E-state index in [2.05, 4.69) is 10.1 Å². The highest BCUT2D eigenvalue weighted by molar-refractivity contribution is 5.94. The van der Waals surface area contributed by atoms with Crippen LogP contribution in [0.25, 0.3) is 11.5 Å². The fourth-order valence-electron chi connectivity index (χ4n) is 4.49. The molecule has 1 saturated heterocycles. The van der Waals surface area contributed by atoms with E-state index in [1.807, 2.05) is 4.90 Å². The molecule has 0 radical (unpaired) electrons. The van der Waals surface area contributed by atoms with Gasteiger partial charge in [-0.15, -0.1) is 0 Å². The van der Waals surface area contributed by atoms with Crippen molar-refractivity contribution in [3.05, 3.63) is 59.8 Å². The lowest BCUT2D eigenvalue weighted by atomic mass is 9.73. The van der Waals surface area contributed by atoms with E-state index in [4.69, 9.17) is 14.2 Å². The molecule has 1 amide bonds. The number of pyridine rings is 1. The molecule has 0 N–H and O–H groups in total. The standard InChI is InChI=1S/C24H25FN4O3/c1-31-20-9-6-18(15-26-20)22(30)29-12-10-24(11-13-29,14-16-2-3-16)23-27-21(32-28-23)17-4-7-19(25)8-5-17/h4-9,15-16H,2-3,10-14H2,1H3. The summed E-state index contributed by atoms with van der Waals surface area (Å²) < 4.78 is 23.9. The van der Waals surface area contributed by atoms with Crippen LogP contribution >= 0.6 is 0 Å². The van der Waals surface area contributed by atoms with Crippen molar-refractivity contribution in [2.75, 3.05) is 20.2 Å². The Labute approximate surface area is 185 Å². The molecule has 32 heavy (non-hydrogen) atoms. The molecule has 2 aliphatic rings. The summed E-state index contributed by atoms with van der Waals surface area (Å²) in [6, 6.07) is 9.50. The monoisotopic (exact) mass is 436 g/mol. The number of halogens is 1. The maximum atomic E-state index is 13.3. The van der Waals surface area contributed by atoms with Gasteiger partial charge in [-0.25, -0.2) is 9.37 Å². The van der Waals surface area contributed by atoms with E-state index in [1.165, 1.54) is 25.0 Å². The maximum Gasteiger partial charge on any atom is 0.257 e. The van der Waals surface area contributed by atoms with Crippen LogP contribution in [0, 0.1) is 11.7 Å². The molecule has 0 spiro atoms. The first kappa shape index (κ1) is 20.6. The number of ether oxygens (including phenoxy) is 1. The molecule has 0 atom stereocenters. The number of hydrogen-bond acceptors (Lipinski definition) is 6. The predicted octanol–water partition coefficient (Wildman–Crippen LogP) is 4.25. The fourth-order valence-corrected chi connectivity index (χ4v) is 4.49. The second-order valence-electron chi connectivity index (χ2n) is 8.74. The van der Waals surface area contributed by atoms with Gasteiger partial charge in [0, 0.05) is 36.3 Å². The van der Waals surface area contributed by atoms with Gasteiger partial charge in [-0.3, -0.25) is 4.79 Å². The molecule has 1 saturated carbocycles. The summed E-state index contributed by atoms with van der Waals surface area (Å²) in [6.45, 7) is 1.25. The van der Waals surface area contributed by atoms with Crippen molar-refractivity contribution in [1.29, 1.82) is 0 Å². The molecule has 5 rings (SSSR count). The number of methoxy groups -OCH3 is 1. The lowest BCUT2D eigenvalue weighted by molar-refractivity contribution is 0.0645. The highest BCUT2D eigenvalue weighted by Gasteiger charge is 2.44. The Kier molecular flexibility index (Phi) is 5.36. The molecular weight excluding hydrogens is 411 g/mol. The molecular formula is C24H25FN4O3. The molecule has 1 aliphatic heterocycles. The van der Waals surface area contributed by atoms with Crippen molar-refractivity contribution in [2.24, 2.45) is 5.92 Å². The van der Waals surface area contributed by atoms with E-state index in [0.29, 0.717) is 47.7 Å². The number of piperidine rings is 1. The summed E-state index contributed by atoms with van der Waals surface area (Å²) in [6.07, 6.45) is 6.57. The van der Waals surface area contributed by atoms with Gasteiger partial charge in [0.1, 0.15) is 5.82 Å². The minimum absolute atomic E-state index is 0.0275. The number of carbonyl (C=O) groups is 1. The SMILES string of the molecule is COc1ccc(C(=O)N2CCC(CC3CC3)(c3noc(-c4ccc(F)cc4)n3)CC2)cn1. The molecule has 2 aromatic heterocycles. The van der Waals surface area contributed by atoms with Crippen molar-refractivity contribution in [1.82, 2.24) is 20.0 Å². The fraction of sp³-hybridized carbons (Fsp3) is 0.417. The van der Waals surface area contributed by atoms with Gasteiger partial charge in [0.25, 0.3) is 11.8 Å². The van der Waals surface area contributed by atoms with Gasteiger partial charge in [0.05, 0.1) is 12.7 Å². The predicted molar refractivity (Wildman–Crippen MR) is 115 cm³/mol. The zero-order valence-electron chi connectivity index (χ0n) is 18.0. The van der Waals surface area contributed by atoms with E-state index >= 15 is 0 Å². The number of hydrogen-bond donors (Lipinski definition) is 0. The number of nitrogens with zero attached hydrogens (tertiary/aromatic N) is 4. The minimum Gasteiger partial charge on any atom is -0.481 e. The van der Waals surface area contributed by atoms with E-state index in [1.54, 1.807) is 37.6 Å². The van der Waals surface area contributed by atoms with Gasteiger partial charge >= 0.3 is 0 Å². The summed E-state index contributed by atoms with van der Waals surface area (Å²) in [5, 5.41) is 4.33. The molecule has 166 valence electrons. The summed E-state index contributed by atoms with van der Waals surface area (Å²) >= 11 is 0. The Morgan fingerprint density at radius 2 is 1.94 bits per heavy atom. The zero-order valence-corrected chi connectivity index (χ0v) is 18.0. The third kappa shape index (κ3) is 4.09. The summed E-state index contributed by atoms with van der Waals surface area (Å²) in [7, 11) is 1.55.